The van der Waals surface area contributed by atoms with Crippen LogP contribution in [0, 0.1) is 11.8 Å². The van der Waals surface area contributed by atoms with E-state index < -0.39 is 35.8 Å². The van der Waals surface area contributed by atoms with E-state index in [1.165, 1.54) is 12.1 Å². The maximum Gasteiger partial charge on any atom is 0.326 e. The minimum Gasteiger partial charge on any atom is -0.480 e. The Labute approximate surface area is 163 Å². The van der Waals surface area contributed by atoms with Gasteiger partial charge in [0.25, 0.3) is 11.8 Å². The second-order valence-electron chi connectivity index (χ2n) is 7.58. The molecule has 0 saturated heterocycles. The molecule has 0 radical (unpaired) electrons. The summed E-state index contributed by atoms with van der Waals surface area (Å²) in [4.78, 5) is 48.6. The summed E-state index contributed by atoms with van der Waals surface area (Å²) in [6, 6.07) is 4.15. The molecule has 1 aliphatic rings. The molecule has 1 aliphatic heterocycles. The van der Waals surface area contributed by atoms with Crippen LogP contribution in [0.2, 0.25) is 0 Å². The quantitative estimate of drug-likeness (QED) is 0.519. The first-order valence-electron chi connectivity index (χ1n) is 9.31. The zero-order valence-corrected chi connectivity index (χ0v) is 16.0. The van der Waals surface area contributed by atoms with Gasteiger partial charge in [0.1, 0.15) is 12.1 Å². The Balaban J connectivity index is 2.00. The van der Waals surface area contributed by atoms with Crippen molar-refractivity contribution in [2.24, 2.45) is 17.6 Å². The first kappa shape index (κ1) is 21.6. The minimum absolute atomic E-state index is 0.0659. The van der Waals surface area contributed by atoms with E-state index in [1.807, 2.05) is 13.8 Å². The summed E-state index contributed by atoms with van der Waals surface area (Å²) in [5.41, 5.74) is 5.99. The highest BCUT2D eigenvalue weighted by Crippen LogP contribution is 2.28. The van der Waals surface area contributed by atoms with Gasteiger partial charge in [0, 0.05) is 0 Å². The molecule has 2 amide bonds. The van der Waals surface area contributed by atoms with Crippen molar-refractivity contribution in [2.45, 2.75) is 51.6 Å². The Kier molecular flexibility index (Phi) is 6.90. The van der Waals surface area contributed by atoms with Gasteiger partial charge in [-0.15, -0.1) is 0 Å². The van der Waals surface area contributed by atoms with Crippen molar-refractivity contribution in [3.8, 4) is 0 Å². The van der Waals surface area contributed by atoms with Gasteiger partial charge in [0.15, 0.2) is 0 Å². The molecule has 8 nitrogen and oxygen atoms in total. The van der Waals surface area contributed by atoms with Crippen LogP contribution in [0.3, 0.4) is 0 Å². The number of carboxylic acid groups (broad SMARTS) is 2. The molecule has 0 bridgehead atoms. The van der Waals surface area contributed by atoms with E-state index in [9.17, 15) is 24.3 Å². The zero-order valence-electron chi connectivity index (χ0n) is 16.0. The maximum atomic E-state index is 12.6. The highest BCUT2D eigenvalue weighted by Gasteiger charge is 2.43. The van der Waals surface area contributed by atoms with Crippen LogP contribution < -0.4 is 5.73 Å². The van der Waals surface area contributed by atoms with Gasteiger partial charge in [-0.25, -0.2) is 4.79 Å². The summed E-state index contributed by atoms with van der Waals surface area (Å²) in [7, 11) is 0. The fourth-order valence-corrected chi connectivity index (χ4v) is 3.53. The Bertz CT molecular complexity index is 743. The van der Waals surface area contributed by atoms with Crippen molar-refractivity contribution >= 4 is 23.8 Å². The summed E-state index contributed by atoms with van der Waals surface area (Å²) < 4.78 is 0. The Morgan fingerprint density at radius 2 is 1.39 bits per heavy atom. The summed E-state index contributed by atoms with van der Waals surface area (Å²) in [5, 5.41) is 18.5. The minimum atomic E-state index is -1.24. The van der Waals surface area contributed by atoms with Crippen molar-refractivity contribution in [1.29, 1.82) is 0 Å². The predicted octanol–water partition coefficient (Wildman–Crippen LogP) is 1.98. The number of carbonyl (C=O) groups is 4. The van der Waals surface area contributed by atoms with Gasteiger partial charge in [0.05, 0.1) is 11.1 Å². The number of aliphatic carboxylic acids is 2. The smallest absolute Gasteiger partial charge is 0.326 e. The molecule has 0 spiro atoms. The van der Waals surface area contributed by atoms with Crippen molar-refractivity contribution in [3.05, 3.63) is 35.4 Å². The third-order valence-corrected chi connectivity index (χ3v) is 5.17. The number of benzene rings is 1. The number of hydrogen-bond acceptors (Lipinski definition) is 5. The number of fused-ring (bicyclic) bond motifs is 1. The summed E-state index contributed by atoms with van der Waals surface area (Å²) in [6.07, 6.45) is 1.79. The molecule has 8 heteroatoms. The molecule has 1 aromatic rings. The molecule has 0 aliphatic carbocycles. The maximum absolute atomic E-state index is 12.6. The summed E-state index contributed by atoms with van der Waals surface area (Å²) in [6.45, 7) is 3.76. The molecule has 1 aromatic carbocycles. The van der Waals surface area contributed by atoms with E-state index in [-0.39, 0.29) is 29.4 Å². The molecule has 1 heterocycles. The normalized spacial score (nSPS) is 17.8. The SMILES string of the molecule is CC(CCC(C)CC(C(=O)O)N1C(=O)c2ccccc2C1=O)CC(N)C(=O)O. The third-order valence-electron chi connectivity index (χ3n) is 5.17. The monoisotopic (exact) mass is 390 g/mol. The van der Waals surface area contributed by atoms with E-state index >= 15 is 0 Å². The van der Waals surface area contributed by atoms with Crippen molar-refractivity contribution in [2.75, 3.05) is 0 Å². The van der Waals surface area contributed by atoms with Gasteiger partial charge in [-0.05, 0) is 36.8 Å². The van der Waals surface area contributed by atoms with Gasteiger partial charge < -0.3 is 15.9 Å². The van der Waals surface area contributed by atoms with Gasteiger partial charge in [0.2, 0.25) is 0 Å². The standard InChI is InChI=1S/C20H26N2O6/c1-11(9-15(21)19(25)26)7-8-12(2)10-16(20(27)28)22-17(23)13-5-3-4-6-14(13)18(22)24/h3-6,11-12,15-16H,7-10,21H2,1-2H3,(H,25,26)(H,27,28). The zero-order chi connectivity index (χ0) is 21.0. The van der Waals surface area contributed by atoms with Crippen molar-refractivity contribution < 1.29 is 29.4 Å². The lowest BCUT2D eigenvalue weighted by Gasteiger charge is -2.26. The second-order valence-corrected chi connectivity index (χ2v) is 7.58. The number of nitrogens with zero attached hydrogens (tertiary/aromatic N) is 1. The molecule has 28 heavy (non-hydrogen) atoms. The number of imide groups is 1. The summed E-state index contributed by atoms with van der Waals surface area (Å²) >= 11 is 0. The van der Waals surface area contributed by atoms with Gasteiger partial charge in [-0.1, -0.05) is 38.8 Å². The molecule has 4 atom stereocenters. The molecular formula is C20H26N2O6. The molecular weight excluding hydrogens is 364 g/mol. The lowest BCUT2D eigenvalue weighted by molar-refractivity contribution is -0.142. The number of amides is 2. The largest absolute Gasteiger partial charge is 0.480 e. The molecule has 0 saturated carbocycles. The molecule has 152 valence electrons. The van der Waals surface area contributed by atoms with Crippen LogP contribution in [0.4, 0.5) is 0 Å². The Morgan fingerprint density at radius 3 is 1.82 bits per heavy atom. The first-order valence-corrected chi connectivity index (χ1v) is 9.31. The third kappa shape index (κ3) is 4.75. The number of hydrogen-bond donors (Lipinski definition) is 3. The van der Waals surface area contributed by atoms with E-state index in [0.29, 0.717) is 19.3 Å². The van der Waals surface area contributed by atoms with Gasteiger partial charge >= 0.3 is 11.9 Å². The molecule has 0 fully saturated rings. The Morgan fingerprint density at radius 1 is 0.929 bits per heavy atom. The fourth-order valence-electron chi connectivity index (χ4n) is 3.53. The highest BCUT2D eigenvalue weighted by atomic mass is 16.4. The van der Waals surface area contributed by atoms with Crippen LogP contribution in [-0.2, 0) is 9.59 Å². The van der Waals surface area contributed by atoms with Crippen LogP contribution in [0.5, 0.6) is 0 Å². The lowest BCUT2D eigenvalue weighted by Crippen LogP contribution is -2.45. The van der Waals surface area contributed by atoms with E-state index in [0.717, 1.165) is 4.90 Å². The molecule has 4 N–H and O–H groups in total. The van der Waals surface area contributed by atoms with Crippen molar-refractivity contribution in [3.63, 3.8) is 0 Å². The topological polar surface area (TPSA) is 138 Å². The molecule has 0 aromatic heterocycles. The van der Waals surface area contributed by atoms with Gasteiger partial charge in [-0.3, -0.25) is 19.3 Å². The molecule has 4 unspecified atom stereocenters. The van der Waals surface area contributed by atoms with E-state index in [2.05, 4.69) is 0 Å². The Hall–Kier alpha value is -2.74. The van der Waals surface area contributed by atoms with Crippen molar-refractivity contribution in [1.82, 2.24) is 4.90 Å². The van der Waals surface area contributed by atoms with E-state index in [4.69, 9.17) is 10.8 Å². The van der Waals surface area contributed by atoms with Crippen LogP contribution >= 0.6 is 0 Å². The second kappa shape index (κ2) is 8.97. The van der Waals surface area contributed by atoms with Crippen LogP contribution in [0.15, 0.2) is 24.3 Å². The van der Waals surface area contributed by atoms with Gasteiger partial charge in [-0.2, -0.15) is 0 Å². The van der Waals surface area contributed by atoms with Crippen LogP contribution in [0.25, 0.3) is 0 Å². The molecule has 2 rings (SSSR count). The average Bonchev–Trinajstić information content (AvgIpc) is 2.89. The predicted molar refractivity (Wildman–Crippen MR) is 101 cm³/mol. The number of nitrogens with two attached hydrogens (primary N) is 1. The summed E-state index contributed by atoms with van der Waals surface area (Å²) in [5.74, 6) is -3.44. The van der Waals surface area contributed by atoms with Crippen LogP contribution in [0.1, 0.15) is 60.2 Å². The van der Waals surface area contributed by atoms with E-state index in [1.54, 1.807) is 12.1 Å². The number of carboxylic acids is 2. The average molecular weight is 390 g/mol. The number of carbonyl (C=O) groups excluding carboxylic acids is 2. The lowest BCUT2D eigenvalue weighted by atomic mass is 9.90. The fraction of sp³-hybridized carbons (Fsp3) is 0.500. The number of rotatable bonds is 10. The highest BCUT2D eigenvalue weighted by molar-refractivity contribution is 6.22. The van der Waals surface area contributed by atoms with Crippen LogP contribution in [-0.4, -0.2) is 50.9 Å². The first-order chi connectivity index (χ1) is 13.1.